The van der Waals surface area contributed by atoms with Crippen molar-refractivity contribution in [1.82, 2.24) is 5.32 Å². The average Bonchev–Trinajstić information content (AvgIpc) is 2.66. The lowest BCUT2D eigenvalue weighted by molar-refractivity contribution is -0.140. The third-order valence-corrected chi connectivity index (χ3v) is 4.02. The quantitative estimate of drug-likeness (QED) is 0.759. The SMILES string of the molecule is CCc1ccc(-c2ccc(C(=O)NCC(N)CC(=O)OC)cc2)cc1. The molecule has 0 heterocycles. The number of methoxy groups -OCH3 is 1. The Kier molecular flexibility index (Phi) is 6.71. The molecule has 2 rings (SSSR count). The second-order valence-electron chi connectivity index (χ2n) is 5.88. The van der Waals surface area contributed by atoms with Crippen LogP contribution >= 0.6 is 0 Å². The largest absolute Gasteiger partial charge is 0.469 e. The molecule has 0 radical (unpaired) electrons. The van der Waals surface area contributed by atoms with Gasteiger partial charge in [-0.05, 0) is 35.2 Å². The smallest absolute Gasteiger partial charge is 0.307 e. The van der Waals surface area contributed by atoms with E-state index >= 15 is 0 Å². The van der Waals surface area contributed by atoms with E-state index in [9.17, 15) is 9.59 Å². The lowest BCUT2D eigenvalue weighted by Gasteiger charge is -2.12. The van der Waals surface area contributed by atoms with Gasteiger partial charge in [-0.25, -0.2) is 0 Å². The monoisotopic (exact) mass is 340 g/mol. The van der Waals surface area contributed by atoms with Gasteiger partial charge in [0.25, 0.3) is 5.91 Å². The number of hydrogen-bond acceptors (Lipinski definition) is 4. The molecule has 0 fully saturated rings. The molecule has 0 spiro atoms. The average molecular weight is 340 g/mol. The first-order chi connectivity index (χ1) is 12.0. The van der Waals surface area contributed by atoms with Gasteiger partial charge in [0.2, 0.25) is 0 Å². The summed E-state index contributed by atoms with van der Waals surface area (Å²) in [6, 6.07) is 15.3. The minimum absolute atomic E-state index is 0.0729. The molecule has 132 valence electrons. The van der Waals surface area contributed by atoms with Gasteiger partial charge in [-0.3, -0.25) is 9.59 Å². The van der Waals surface area contributed by atoms with Crippen molar-refractivity contribution in [3.8, 4) is 11.1 Å². The summed E-state index contributed by atoms with van der Waals surface area (Å²) in [5.41, 5.74) is 9.81. The fraction of sp³-hybridized carbons (Fsp3) is 0.300. The zero-order valence-corrected chi connectivity index (χ0v) is 14.6. The van der Waals surface area contributed by atoms with E-state index < -0.39 is 6.04 Å². The van der Waals surface area contributed by atoms with Crippen LogP contribution in [0.2, 0.25) is 0 Å². The Hall–Kier alpha value is -2.66. The number of esters is 1. The zero-order chi connectivity index (χ0) is 18.2. The van der Waals surface area contributed by atoms with Crippen molar-refractivity contribution in [2.75, 3.05) is 13.7 Å². The molecular formula is C20H24N2O3. The first-order valence-electron chi connectivity index (χ1n) is 8.33. The minimum atomic E-state index is -0.465. The number of carbonyl (C=O) groups is 2. The number of benzene rings is 2. The van der Waals surface area contributed by atoms with Crippen LogP contribution in [0, 0.1) is 0 Å². The van der Waals surface area contributed by atoms with Crippen LogP contribution in [0.1, 0.15) is 29.3 Å². The van der Waals surface area contributed by atoms with Crippen molar-refractivity contribution >= 4 is 11.9 Å². The van der Waals surface area contributed by atoms with Crippen molar-refractivity contribution in [2.45, 2.75) is 25.8 Å². The number of rotatable bonds is 7. The molecule has 0 saturated heterocycles. The van der Waals surface area contributed by atoms with Crippen LogP contribution in [0.15, 0.2) is 48.5 Å². The first kappa shape index (κ1) is 18.7. The number of nitrogens with two attached hydrogens (primary N) is 1. The van der Waals surface area contributed by atoms with E-state index in [0.29, 0.717) is 5.56 Å². The van der Waals surface area contributed by atoms with E-state index in [4.69, 9.17) is 5.73 Å². The maximum Gasteiger partial charge on any atom is 0.307 e. The van der Waals surface area contributed by atoms with Crippen LogP contribution in [-0.4, -0.2) is 31.6 Å². The Morgan fingerprint density at radius 2 is 1.60 bits per heavy atom. The van der Waals surface area contributed by atoms with Gasteiger partial charge in [-0.2, -0.15) is 0 Å². The highest BCUT2D eigenvalue weighted by atomic mass is 16.5. The normalized spacial score (nSPS) is 11.6. The lowest BCUT2D eigenvalue weighted by Crippen LogP contribution is -2.38. The fourth-order valence-electron chi connectivity index (χ4n) is 2.44. The van der Waals surface area contributed by atoms with Gasteiger partial charge in [0.05, 0.1) is 13.5 Å². The summed E-state index contributed by atoms with van der Waals surface area (Å²) in [6.45, 7) is 2.34. The van der Waals surface area contributed by atoms with Crippen LogP contribution in [0.4, 0.5) is 0 Å². The highest BCUT2D eigenvalue weighted by Gasteiger charge is 2.12. The number of nitrogens with one attached hydrogen (secondary N) is 1. The van der Waals surface area contributed by atoms with Gasteiger partial charge in [0.15, 0.2) is 0 Å². The molecular weight excluding hydrogens is 316 g/mol. The molecule has 0 aliphatic heterocycles. The highest BCUT2D eigenvalue weighted by Crippen LogP contribution is 2.20. The summed E-state index contributed by atoms with van der Waals surface area (Å²) in [5.74, 6) is -0.603. The molecule has 0 aromatic heterocycles. The Bertz CT molecular complexity index is 709. The predicted octanol–water partition coefficient (Wildman–Crippen LogP) is 2.54. The van der Waals surface area contributed by atoms with E-state index in [1.165, 1.54) is 12.7 Å². The van der Waals surface area contributed by atoms with Gasteiger partial charge in [-0.15, -0.1) is 0 Å². The third-order valence-electron chi connectivity index (χ3n) is 4.02. The Balaban J connectivity index is 1.94. The first-order valence-corrected chi connectivity index (χ1v) is 8.33. The Labute approximate surface area is 148 Å². The van der Waals surface area contributed by atoms with Crippen molar-refractivity contribution in [2.24, 2.45) is 5.73 Å². The van der Waals surface area contributed by atoms with E-state index in [2.05, 4.69) is 41.2 Å². The molecule has 5 nitrogen and oxygen atoms in total. The van der Waals surface area contributed by atoms with Crippen molar-refractivity contribution in [3.63, 3.8) is 0 Å². The van der Waals surface area contributed by atoms with Crippen molar-refractivity contribution in [3.05, 3.63) is 59.7 Å². The van der Waals surface area contributed by atoms with Gasteiger partial charge in [0, 0.05) is 18.2 Å². The third kappa shape index (κ3) is 5.43. The number of aryl methyl sites for hydroxylation is 1. The maximum absolute atomic E-state index is 12.2. The summed E-state index contributed by atoms with van der Waals surface area (Å²) in [4.78, 5) is 23.3. The molecule has 25 heavy (non-hydrogen) atoms. The summed E-state index contributed by atoms with van der Waals surface area (Å²) in [5, 5.41) is 2.73. The molecule has 1 atom stereocenters. The molecule has 0 aliphatic rings. The van der Waals surface area contributed by atoms with Crippen LogP contribution < -0.4 is 11.1 Å². The second kappa shape index (κ2) is 8.99. The molecule has 0 saturated carbocycles. The fourth-order valence-corrected chi connectivity index (χ4v) is 2.44. The standard InChI is InChI=1S/C20H24N2O3/c1-3-14-4-6-15(7-5-14)16-8-10-17(11-9-16)20(24)22-13-18(21)12-19(23)25-2/h4-11,18H,3,12-13,21H2,1-2H3,(H,22,24). The van der Waals surface area contributed by atoms with Gasteiger partial charge in [-0.1, -0.05) is 43.3 Å². The van der Waals surface area contributed by atoms with E-state index in [-0.39, 0.29) is 24.8 Å². The number of carbonyl (C=O) groups excluding carboxylic acids is 2. The topological polar surface area (TPSA) is 81.4 Å². The van der Waals surface area contributed by atoms with Crippen molar-refractivity contribution < 1.29 is 14.3 Å². The van der Waals surface area contributed by atoms with Gasteiger partial charge < -0.3 is 15.8 Å². The van der Waals surface area contributed by atoms with Crippen LogP contribution in [-0.2, 0) is 16.0 Å². The molecule has 0 aliphatic carbocycles. The number of hydrogen-bond donors (Lipinski definition) is 2. The van der Waals surface area contributed by atoms with Crippen LogP contribution in [0.3, 0.4) is 0 Å². The summed E-state index contributed by atoms with van der Waals surface area (Å²) in [6.07, 6.45) is 1.08. The molecule has 3 N–H and O–H groups in total. The number of ether oxygens (including phenoxy) is 1. The molecule has 2 aromatic carbocycles. The number of amides is 1. The van der Waals surface area contributed by atoms with Crippen molar-refractivity contribution in [1.29, 1.82) is 0 Å². The van der Waals surface area contributed by atoms with Gasteiger partial charge >= 0.3 is 5.97 Å². The second-order valence-corrected chi connectivity index (χ2v) is 5.88. The summed E-state index contributed by atoms with van der Waals surface area (Å²) >= 11 is 0. The van der Waals surface area contributed by atoms with Crippen LogP contribution in [0.5, 0.6) is 0 Å². The summed E-state index contributed by atoms with van der Waals surface area (Å²) < 4.78 is 4.55. The Morgan fingerprint density at radius 3 is 2.12 bits per heavy atom. The lowest BCUT2D eigenvalue weighted by atomic mass is 10.0. The molecule has 5 heteroatoms. The molecule has 1 unspecified atom stereocenters. The van der Waals surface area contributed by atoms with E-state index in [1.54, 1.807) is 12.1 Å². The molecule has 2 aromatic rings. The predicted molar refractivity (Wildman–Crippen MR) is 98.2 cm³/mol. The van der Waals surface area contributed by atoms with E-state index in [0.717, 1.165) is 17.5 Å². The molecule has 1 amide bonds. The Morgan fingerprint density at radius 1 is 1.04 bits per heavy atom. The zero-order valence-electron chi connectivity index (χ0n) is 14.6. The highest BCUT2D eigenvalue weighted by molar-refractivity contribution is 5.94. The summed E-state index contributed by atoms with van der Waals surface area (Å²) in [7, 11) is 1.31. The maximum atomic E-state index is 12.2. The van der Waals surface area contributed by atoms with Gasteiger partial charge in [0.1, 0.15) is 0 Å². The van der Waals surface area contributed by atoms with E-state index in [1.807, 2.05) is 12.1 Å². The minimum Gasteiger partial charge on any atom is -0.469 e. The van der Waals surface area contributed by atoms with Crippen LogP contribution in [0.25, 0.3) is 11.1 Å². The molecule has 0 bridgehead atoms.